The summed E-state index contributed by atoms with van der Waals surface area (Å²) in [6.45, 7) is 0. The molecule has 1 aliphatic heterocycles. The largest absolute Gasteiger partial charge is 0.475 e. The summed E-state index contributed by atoms with van der Waals surface area (Å²) in [5.74, 6) is -1.35. The van der Waals surface area contributed by atoms with Crippen molar-refractivity contribution >= 4 is 39.6 Å². The first-order chi connectivity index (χ1) is 12.8. The number of nitrogen functional groups attached to an aromatic ring is 1. The topological polar surface area (TPSA) is 174 Å². The molecule has 1 fully saturated rings. The maximum Gasteiger partial charge on any atom is 0.372 e. The average molecular weight is 398 g/mol. The number of nitrogens with two attached hydrogens (primary N) is 1. The van der Waals surface area contributed by atoms with Gasteiger partial charge in [0.2, 0.25) is 5.78 Å². The molecule has 5 atom stereocenters. The highest BCUT2D eigenvalue weighted by Crippen LogP contribution is 2.32. The molecule has 0 radical (unpaired) electrons. The Labute approximate surface area is 156 Å². The van der Waals surface area contributed by atoms with Crippen LogP contribution in [0.5, 0.6) is 0 Å². The molecule has 1 saturated heterocycles. The minimum Gasteiger partial charge on any atom is -0.475 e. The van der Waals surface area contributed by atoms with Crippen LogP contribution in [0.1, 0.15) is 12.6 Å². The molecule has 2 aromatic heterocycles. The number of rotatable bonds is 7. The fraction of sp³-hybridized carbons (Fsp3) is 0.533. The van der Waals surface area contributed by atoms with Crippen LogP contribution in [0.25, 0.3) is 11.2 Å². The molecule has 3 rings (SSSR count). The van der Waals surface area contributed by atoms with Crippen molar-refractivity contribution in [2.75, 3.05) is 23.5 Å². The van der Waals surface area contributed by atoms with Crippen molar-refractivity contribution in [2.45, 2.75) is 31.0 Å². The summed E-state index contributed by atoms with van der Waals surface area (Å²) >= 11 is 0. The van der Waals surface area contributed by atoms with Crippen LogP contribution in [0.3, 0.4) is 0 Å². The smallest absolute Gasteiger partial charge is 0.372 e. The number of aliphatic hydroxyl groups excluding tert-OH is 2. The van der Waals surface area contributed by atoms with Gasteiger partial charge in [-0.3, -0.25) is 9.36 Å². The Morgan fingerprint density at radius 3 is 2.74 bits per heavy atom. The molecule has 1 aliphatic rings. The molecular weight excluding hydrogens is 378 g/mol. The number of carboxylic acid groups (broad SMARTS) is 1. The zero-order valence-corrected chi connectivity index (χ0v) is 15.2. The van der Waals surface area contributed by atoms with E-state index < -0.39 is 36.3 Å². The van der Waals surface area contributed by atoms with E-state index in [0.717, 1.165) is 0 Å². The molecule has 0 aliphatic carbocycles. The number of carboxylic acids is 1. The minimum atomic E-state index is -1.45. The van der Waals surface area contributed by atoms with E-state index in [1.54, 1.807) is 0 Å². The highest BCUT2D eigenvalue weighted by atomic mass is 32.2. The number of aromatic nitrogens is 4. The van der Waals surface area contributed by atoms with Crippen molar-refractivity contribution in [3.63, 3.8) is 0 Å². The number of hydrogen-bond donors (Lipinski definition) is 4. The molecule has 11 nitrogen and oxygen atoms in total. The Balaban J connectivity index is 1.69. The molecule has 0 amide bonds. The molecular formula is C15H20N5O6S+. The molecule has 12 heteroatoms. The van der Waals surface area contributed by atoms with Crippen LogP contribution < -0.4 is 5.73 Å². The van der Waals surface area contributed by atoms with Gasteiger partial charge in [0.15, 0.2) is 17.7 Å². The number of ketones is 1. The predicted octanol–water partition coefficient (Wildman–Crippen LogP) is -1.68. The molecule has 27 heavy (non-hydrogen) atoms. The van der Waals surface area contributed by atoms with E-state index in [2.05, 4.69) is 15.0 Å². The second-order valence-electron chi connectivity index (χ2n) is 6.26. The maximum atomic E-state index is 11.2. The predicted molar refractivity (Wildman–Crippen MR) is 95.9 cm³/mol. The Hall–Kier alpha value is -2.28. The summed E-state index contributed by atoms with van der Waals surface area (Å²) in [4.78, 5) is 33.9. The second-order valence-corrected chi connectivity index (χ2v) is 8.56. The van der Waals surface area contributed by atoms with Gasteiger partial charge in [-0.15, -0.1) is 0 Å². The maximum absolute atomic E-state index is 11.2. The van der Waals surface area contributed by atoms with Gasteiger partial charge in [-0.2, -0.15) is 0 Å². The highest BCUT2D eigenvalue weighted by Gasteiger charge is 2.46. The van der Waals surface area contributed by atoms with Crippen molar-refractivity contribution in [1.29, 1.82) is 0 Å². The van der Waals surface area contributed by atoms with Crippen LogP contribution in [-0.2, 0) is 25.2 Å². The first-order valence-electron chi connectivity index (χ1n) is 8.09. The van der Waals surface area contributed by atoms with Gasteiger partial charge in [0.1, 0.15) is 41.7 Å². The van der Waals surface area contributed by atoms with E-state index in [4.69, 9.17) is 15.6 Å². The number of anilines is 1. The summed E-state index contributed by atoms with van der Waals surface area (Å²) in [6.07, 6.45) is 0.538. The van der Waals surface area contributed by atoms with E-state index in [1.807, 2.05) is 6.26 Å². The lowest BCUT2D eigenvalue weighted by atomic mass is 10.1. The first kappa shape index (κ1) is 19.5. The SMILES string of the molecule is C[S+](CCC(=O)C(=O)O)C[C@H]1O[C@@H](n2cnc3c(N)ncnc32)[C@H](O)[C@@H]1O. The summed E-state index contributed by atoms with van der Waals surface area (Å²) in [7, 11) is -0.376. The van der Waals surface area contributed by atoms with E-state index in [1.165, 1.54) is 17.2 Å². The number of nitrogens with zero attached hydrogens (tertiary/aromatic N) is 4. The van der Waals surface area contributed by atoms with Gasteiger partial charge in [0, 0.05) is 0 Å². The van der Waals surface area contributed by atoms with Crippen LogP contribution in [0, 0.1) is 0 Å². The summed E-state index contributed by atoms with van der Waals surface area (Å²) in [5, 5.41) is 29.4. The number of carbonyl (C=O) groups excluding carboxylic acids is 1. The third-order valence-corrected chi connectivity index (χ3v) is 6.16. The Bertz CT molecular complexity index is 860. The Morgan fingerprint density at radius 1 is 1.30 bits per heavy atom. The molecule has 0 aromatic carbocycles. The molecule has 0 bridgehead atoms. The third-order valence-electron chi connectivity index (χ3n) is 4.36. The highest BCUT2D eigenvalue weighted by molar-refractivity contribution is 7.96. The third kappa shape index (κ3) is 3.88. The van der Waals surface area contributed by atoms with Crippen LogP contribution in [-0.4, -0.2) is 82.7 Å². The molecule has 2 aromatic rings. The van der Waals surface area contributed by atoms with Gasteiger partial charge in [0.25, 0.3) is 0 Å². The number of hydrogen-bond acceptors (Lipinski definition) is 9. The van der Waals surface area contributed by atoms with Crippen LogP contribution in [0.15, 0.2) is 12.7 Å². The summed E-state index contributed by atoms with van der Waals surface area (Å²) in [5.41, 5.74) is 6.50. The van der Waals surface area contributed by atoms with Crippen molar-refractivity contribution in [3.8, 4) is 0 Å². The number of fused-ring (bicyclic) bond motifs is 1. The molecule has 1 unspecified atom stereocenters. The Kier molecular flexibility index (Phi) is 5.60. The Morgan fingerprint density at radius 2 is 2.04 bits per heavy atom. The van der Waals surface area contributed by atoms with E-state index in [-0.39, 0.29) is 23.1 Å². The number of carbonyl (C=O) groups is 2. The molecule has 146 valence electrons. The molecule has 0 saturated carbocycles. The quantitative estimate of drug-likeness (QED) is 0.311. The first-order valence-corrected chi connectivity index (χ1v) is 10.1. The van der Waals surface area contributed by atoms with E-state index in [0.29, 0.717) is 22.7 Å². The molecule has 0 spiro atoms. The second kappa shape index (κ2) is 7.76. The van der Waals surface area contributed by atoms with Crippen LogP contribution in [0.2, 0.25) is 0 Å². The van der Waals surface area contributed by atoms with Crippen LogP contribution >= 0.6 is 0 Å². The number of Topliss-reactive ketones (excluding diaryl/α,β-unsaturated/α-hetero) is 1. The number of ether oxygens (including phenoxy) is 1. The number of aliphatic hydroxyl groups is 2. The summed E-state index contributed by atoms with van der Waals surface area (Å²) in [6, 6.07) is 0. The van der Waals surface area contributed by atoms with E-state index in [9.17, 15) is 19.8 Å². The molecule has 5 N–H and O–H groups in total. The fourth-order valence-electron chi connectivity index (χ4n) is 2.89. The van der Waals surface area contributed by atoms with Gasteiger partial charge in [-0.05, 0) is 10.9 Å². The fourth-order valence-corrected chi connectivity index (χ4v) is 4.43. The van der Waals surface area contributed by atoms with E-state index >= 15 is 0 Å². The number of imidazole rings is 1. The van der Waals surface area contributed by atoms with Crippen molar-refractivity contribution in [3.05, 3.63) is 12.7 Å². The van der Waals surface area contributed by atoms with Crippen molar-refractivity contribution in [2.24, 2.45) is 0 Å². The van der Waals surface area contributed by atoms with Gasteiger partial charge >= 0.3 is 5.97 Å². The molecule has 3 heterocycles. The van der Waals surface area contributed by atoms with Gasteiger partial charge in [0.05, 0.1) is 19.0 Å². The minimum absolute atomic E-state index is 0.0773. The summed E-state index contributed by atoms with van der Waals surface area (Å²) < 4.78 is 7.32. The zero-order valence-electron chi connectivity index (χ0n) is 14.4. The standard InChI is InChI=1S/C15H19N5O6S/c1-27(3-2-7(21)15(24)25)4-8-10(22)11(23)14(26-8)20-6-19-9-12(16)17-5-18-13(9)20/h5-6,8,10-11,14,22-23H,2-4H2,1H3,(H2-,16,17,18,24,25)/p+1/t8-,10-,11-,14-,27?/m1/s1. The normalized spacial score (nSPS) is 26.3. The van der Waals surface area contributed by atoms with Crippen molar-refractivity contribution < 1.29 is 29.6 Å². The average Bonchev–Trinajstić information content (AvgIpc) is 3.17. The number of aliphatic carboxylic acids is 1. The monoisotopic (exact) mass is 398 g/mol. The van der Waals surface area contributed by atoms with Crippen molar-refractivity contribution in [1.82, 2.24) is 19.5 Å². The lowest BCUT2D eigenvalue weighted by Crippen LogP contribution is -2.36. The zero-order chi connectivity index (χ0) is 19.7. The van der Waals surface area contributed by atoms with Gasteiger partial charge in [-0.1, -0.05) is 0 Å². The lowest BCUT2D eigenvalue weighted by molar-refractivity contribution is -0.148. The lowest BCUT2D eigenvalue weighted by Gasteiger charge is -2.16. The van der Waals surface area contributed by atoms with Gasteiger partial charge in [-0.25, -0.2) is 19.7 Å². The van der Waals surface area contributed by atoms with Crippen LogP contribution in [0.4, 0.5) is 5.82 Å². The van der Waals surface area contributed by atoms with Gasteiger partial charge < -0.3 is 25.8 Å².